The van der Waals surface area contributed by atoms with Gasteiger partial charge in [0.2, 0.25) is 5.95 Å². The van der Waals surface area contributed by atoms with E-state index >= 15 is 0 Å². The number of carbonyl (C=O) groups excluding carboxylic acids is 1. The first-order valence-corrected chi connectivity index (χ1v) is 10.3. The molecule has 0 bridgehead atoms. The van der Waals surface area contributed by atoms with Gasteiger partial charge in [-0.2, -0.15) is 0 Å². The van der Waals surface area contributed by atoms with Crippen LogP contribution in [0.25, 0.3) is 0 Å². The summed E-state index contributed by atoms with van der Waals surface area (Å²) in [7, 11) is 1.58. The minimum absolute atomic E-state index is 0.117. The van der Waals surface area contributed by atoms with Crippen molar-refractivity contribution in [2.24, 2.45) is 0 Å². The molecule has 10 heteroatoms. The van der Waals surface area contributed by atoms with Gasteiger partial charge < -0.3 is 13.9 Å². The number of aromatic nitrogens is 3. The van der Waals surface area contributed by atoms with Gasteiger partial charge in [0.1, 0.15) is 30.2 Å². The van der Waals surface area contributed by atoms with Crippen LogP contribution in [0.4, 0.5) is 5.95 Å². The molecular formula is C22H18Cl2N4O4. The van der Waals surface area contributed by atoms with Crippen LogP contribution in [-0.2, 0) is 13.2 Å². The van der Waals surface area contributed by atoms with Crippen molar-refractivity contribution >= 4 is 35.1 Å². The minimum atomic E-state index is -0.472. The van der Waals surface area contributed by atoms with E-state index in [9.17, 15) is 4.79 Å². The fraction of sp³-hybridized carbons (Fsp3) is 0.136. The van der Waals surface area contributed by atoms with E-state index in [0.717, 1.165) is 5.56 Å². The standard InChI is InChI=1S/C22H18Cl2N4O4/c1-30-16-3-2-4-17(10-16)31-12-18-7-8-20(32-18)21(29)26-22-25-13-28(27-22)11-14-5-6-15(23)9-19(14)24/h2-10,13H,11-12H2,1H3,(H,26,27,29). The third kappa shape index (κ3) is 5.40. The van der Waals surface area contributed by atoms with Crippen LogP contribution in [-0.4, -0.2) is 27.8 Å². The van der Waals surface area contributed by atoms with Crippen molar-refractivity contribution in [1.82, 2.24) is 14.8 Å². The van der Waals surface area contributed by atoms with Gasteiger partial charge in [0.15, 0.2) is 5.76 Å². The number of nitrogens with zero attached hydrogens (tertiary/aromatic N) is 3. The summed E-state index contributed by atoms with van der Waals surface area (Å²) < 4.78 is 18.0. The molecule has 0 saturated carbocycles. The zero-order valence-electron chi connectivity index (χ0n) is 16.9. The largest absolute Gasteiger partial charge is 0.497 e. The molecule has 2 aromatic carbocycles. The molecule has 0 radical (unpaired) electrons. The van der Waals surface area contributed by atoms with Gasteiger partial charge >= 0.3 is 0 Å². The van der Waals surface area contributed by atoms with Crippen LogP contribution in [0.5, 0.6) is 11.5 Å². The Kier molecular flexibility index (Phi) is 6.63. The molecule has 0 unspecified atom stereocenters. The predicted octanol–water partition coefficient (Wildman–Crippen LogP) is 5.07. The van der Waals surface area contributed by atoms with Gasteiger partial charge in [-0.05, 0) is 42.0 Å². The molecule has 0 aliphatic carbocycles. The van der Waals surface area contributed by atoms with Crippen molar-refractivity contribution in [3.05, 3.63) is 88.1 Å². The Morgan fingerprint density at radius 1 is 1.12 bits per heavy atom. The maximum Gasteiger partial charge on any atom is 0.293 e. The first-order valence-electron chi connectivity index (χ1n) is 9.50. The lowest BCUT2D eigenvalue weighted by Gasteiger charge is -2.06. The second kappa shape index (κ2) is 9.76. The summed E-state index contributed by atoms with van der Waals surface area (Å²) in [6, 6.07) is 15.6. The number of nitrogens with one attached hydrogen (secondary N) is 1. The number of methoxy groups -OCH3 is 1. The number of ether oxygens (including phenoxy) is 2. The Morgan fingerprint density at radius 3 is 2.78 bits per heavy atom. The molecule has 1 amide bonds. The van der Waals surface area contributed by atoms with Crippen molar-refractivity contribution in [2.75, 3.05) is 12.4 Å². The summed E-state index contributed by atoms with van der Waals surface area (Å²) >= 11 is 12.1. The van der Waals surface area contributed by atoms with E-state index < -0.39 is 5.91 Å². The van der Waals surface area contributed by atoms with E-state index in [2.05, 4.69) is 15.4 Å². The van der Waals surface area contributed by atoms with Crippen LogP contribution < -0.4 is 14.8 Å². The summed E-state index contributed by atoms with van der Waals surface area (Å²) in [5, 5.41) is 7.92. The van der Waals surface area contributed by atoms with E-state index in [1.165, 1.54) is 6.33 Å². The SMILES string of the molecule is COc1cccc(OCc2ccc(C(=O)Nc3ncn(Cc4ccc(Cl)cc4Cl)n3)o2)c1. The molecule has 0 aliphatic heterocycles. The van der Waals surface area contributed by atoms with E-state index in [1.54, 1.807) is 48.2 Å². The van der Waals surface area contributed by atoms with E-state index in [-0.39, 0.29) is 18.3 Å². The fourth-order valence-electron chi connectivity index (χ4n) is 2.84. The third-order valence-corrected chi connectivity index (χ3v) is 5.00. The first kappa shape index (κ1) is 21.7. The Bertz CT molecular complexity index is 1240. The second-order valence-corrected chi connectivity index (χ2v) is 7.53. The van der Waals surface area contributed by atoms with Gasteiger partial charge in [0.25, 0.3) is 5.91 Å². The molecule has 0 fully saturated rings. The highest BCUT2D eigenvalue weighted by Gasteiger charge is 2.14. The predicted molar refractivity (Wildman–Crippen MR) is 120 cm³/mol. The van der Waals surface area contributed by atoms with Crippen molar-refractivity contribution in [3.63, 3.8) is 0 Å². The summed E-state index contributed by atoms with van der Waals surface area (Å²) in [4.78, 5) is 16.6. The molecule has 0 saturated heterocycles. The van der Waals surface area contributed by atoms with Gasteiger partial charge in [0.05, 0.1) is 13.7 Å². The minimum Gasteiger partial charge on any atom is -0.497 e. The van der Waals surface area contributed by atoms with E-state index in [4.69, 9.17) is 37.1 Å². The maximum atomic E-state index is 12.5. The summed E-state index contributed by atoms with van der Waals surface area (Å²) in [5.74, 6) is 1.60. The summed E-state index contributed by atoms with van der Waals surface area (Å²) in [6.07, 6.45) is 1.50. The highest BCUT2D eigenvalue weighted by atomic mass is 35.5. The molecule has 32 heavy (non-hydrogen) atoms. The van der Waals surface area contributed by atoms with Crippen molar-refractivity contribution in [3.8, 4) is 11.5 Å². The monoisotopic (exact) mass is 472 g/mol. The highest BCUT2D eigenvalue weighted by Crippen LogP contribution is 2.22. The Labute approximate surface area is 193 Å². The van der Waals surface area contributed by atoms with Gasteiger partial charge in [-0.15, -0.1) is 5.10 Å². The molecule has 0 aliphatic rings. The molecule has 4 aromatic rings. The second-order valence-electron chi connectivity index (χ2n) is 6.69. The van der Waals surface area contributed by atoms with Gasteiger partial charge in [-0.1, -0.05) is 35.3 Å². The maximum absolute atomic E-state index is 12.5. The number of hydrogen-bond acceptors (Lipinski definition) is 6. The Hall–Kier alpha value is -3.49. The molecule has 0 atom stereocenters. The normalized spacial score (nSPS) is 10.7. The average molecular weight is 473 g/mol. The number of rotatable bonds is 8. The smallest absolute Gasteiger partial charge is 0.293 e. The number of carbonyl (C=O) groups is 1. The molecule has 2 heterocycles. The lowest BCUT2D eigenvalue weighted by atomic mass is 10.2. The third-order valence-electron chi connectivity index (χ3n) is 4.42. The van der Waals surface area contributed by atoms with Crippen LogP contribution in [0.3, 0.4) is 0 Å². The van der Waals surface area contributed by atoms with Crippen molar-refractivity contribution in [2.45, 2.75) is 13.2 Å². The Morgan fingerprint density at radius 2 is 1.97 bits per heavy atom. The number of amides is 1. The molecular weight excluding hydrogens is 455 g/mol. The topological polar surface area (TPSA) is 91.4 Å². The van der Waals surface area contributed by atoms with Crippen LogP contribution in [0.1, 0.15) is 21.9 Å². The fourth-order valence-corrected chi connectivity index (χ4v) is 3.31. The summed E-state index contributed by atoms with van der Waals surface area (Å²) in [6.45, 7) is 0.542. The van der Waals surface area contributed by atoms with Crippen LogP contribution in [0.2, 0.25) is 10.0 Å². The van der Waals surface area contributed by atoms with E-state index in [0.29, 0.717) is 33.8 Å². The quantitative estimate of drug-likeness (QED) is 0.385. The van der Waals surface area contributed by atoms with Crippen LogP contribution >= 0.6 is 23.2 Å². The first-order chi connectivity index (χ1) is 15.5. The van der Waals surface area contributed by atoms with Gasteiger partial charge in [-0.3, -0.25) is 10.1 Å². The summed E-state index contributed by atoms with van der Waals surface area (Å²) in [5.41, 5.74) is 0.825. The molecule has 4 rings (SSSR count). The van der Waals surface area contributed by atoms with Gasteiger partial charge in [-0.25, -0.2) is 9.67 Å². The molecule has 2 aromatic heterocycles. The Balaban J connectivity index is 1.34. The molecule has 1 N–H and O–H groups in total. The number of furan rings is 1. The van der Waals surface area contributed by atoms with Crippen molar-refractivity contribution < 1.29 is 18.7 Å². The highest BCUT2D eigenvalue weighted by molar-refractivity contribution is 6.35. The number of benzene rings is 2. The number of hydrogen-bond donors (Lipinski definition) is 1. The lowest BCUT2D eigenvalue weighted by molar-refractivity contribution is 0.0991. The number of halogens is 2. The van der Waals surface area contributed by atoms with Gasteiger partial charge in [0, 0.05) is 16.1 Å². The molecule has 0 spiro atoms. The van der Waals surface area contributed by atoms with Crippen LogP contribution in [0.15, 0.2) is 65.3 Å². The van der Waals surface area contributed by atoms with E-state index in [1.807, 2.05) is 18.2 Å². The van der Waals surface area contributed by atoms with Crippen LogP contribution in [0, 0.1) is 0 Å². The molecule has 164 valence electrons. The van der Waals surface area contributed by atoms with Crippen molar-refractivity contribution in [1.29, 1.82) is 0 Å². The lowest BCUT2D eigenvalue weighted by Crippen LogP contribution is -2.12. The number of anilines is 1. The molecule has 8 nitrogen and oxygen atoms in total. The average Bonchev–Trinajstić information content (AvgIpc) is 3.44. The zero-order valence-corrected chi connectivity index (χ0v) is 18.4. The zero-order chi connectivity index (χ0) is 22.5.